The molecule has 2 saturated carbocycles. The fraction of sp³-hybridized carbons (Fsp3) is 0.739. The summed E-state index contributed by atoms with van der Waals surface area (Å²) in [7, 11) is 0. The van der Waals surface area contributed by atoms with Gasteiger partial charge in [0.25, 0.3) is 0 Å². The van der Waals surface area contributed by atoms with Crippen LogP contribution in [0.25, 0.3) is 0 Å². The topological polar surface area (TPSA) is 0 Å². The van der Waals surface area contributed by atoms with Crippen molar-refractivity contribution in [3.05, 3.63) is 34.9 Å². The average Bonchev–Trinajstić information content (AvgIpc) is 2.57. The van der Waals surface area contributed by atoms with E-state index in [4.69, 9.17) is 0 Å². The summed E-state index contributed by atoms with van der Waals surface area (Å²) in [6.45, 7) is 6.92. The highest BCUT2D eigenvalue weighted by atomic mass is 14.3. The molecule has 0 aromatic heterocycles. The Bertz CT molecular complexity index is 485. The van der Waals surface area contributed by atoms with E-state index < -0.39 is 0 Å². The van der Waals surface area contributed by atoms with Gasteiger partial charge in [-0.15, -0.1) is 0 Å². The van der Waals surface area contributed by atoms with Crippen LogP contribution in [0.2, 0.25) is 0 Å². The van der Waals surface area contributed by atoms with E-state index in [1.165, 1.54) is 75.3 Å². The maximum absolute atomic E-state index is 2.45. The van der Waals surface area contributed by atoms with Crippen LogP contribution in [-0.2, 0) is 0 Å². The zero-order chi connectivity index (χ0) is 16.2. The molecular weight excluding hydrogens is 276 g/mol. The molecule has 0 radical (unpaired) electrons. The van der Waals surface area contributed by atoms with Gasteiger partial charge < -0.3 is 0 Å². The number of benzene rings is 1. The Balaban J connectivity index is 1.42. The molecule has 0 N–H and O–H groups in total. The van der Waals surface area contributed by atoms with Crippen molar-refractivity contribution in [1.29, 1.82) is 0 Å². The van der Waals surface area contributed by atoms with Gasteiger partial charge in [0, 0.05) is 0 Å². The summed E-state index contributed by atoms with van der Waals surface area (Å²) >= 11 is 0. The van der Waals surface area contributed by atoms with Crippen LogP contribution < -0.4 is 0 Å². The lowest BCUT2D eigenvalue weighted by Gasteiger charge is -2.31. The number of hydrogen-bond donors (Lipinski definition) is 0. The highest BCUT2D eigenvalue weighted by Gasteiger charge is 2.24. The van der Waals surface area contributed by atoms with E-state index in [1.807, 2.05) is 0 Å². The lowest BCUT2D eigenvalue weighted by Crippen LogP contribution is -2.17. The molecule has 0 heterocycles. The van der Waals surface area contributed by atoms with E-state index in [9.17, 15) is 0 Å². The summed E-state index contributed by atoms with van der Waals surface area (Å²) in [6, 6.07) is 7.15. The first-order valence-electron chi connectivity index (χ1n) is 10.2. The fourth-order valence-corrected chi connectivity index (χ4v) is 4.89. The average molecular weight is 313 g/mol. The number of hydrogen-bond acceptors (Lipinski definition) is 0. The minimum Gasteiger partial charge on any atom is -0.0625 e. The second-order valence-corrected chi connectivity index (χ2v) is 8.76. The van der Waals surface area contributed by atoms with Gasteiger partial charge in [-0.05, 0) is 79.9 Å². The molecule has 0 saturated heterocycles. The SMILES string of the molecule is Cc1ccc(C2CCC(CCC3CCC(C)CC3)CC2)cc1C. The van der Waals surface area contributed by atoms with Gasteiger partial charge in [-0.1, -0.05) is 63.6 Å². The molecule has 2 aliphatic carbocycles. The maximum atomic E-state index is 2.45. The third kappa shape index (κ3) is 4.61. The van der Waals surface area contributed by atoms with Crippen molar-refractivity contribution < 1.29 is 0 Å². The van der Waals surface area contributed by atoms with E-state index in [2.05, 4.69) is 39.0 Å². The first-order valence-corrected chi connectivity index (χ1v) is 10.2. The van der Waals surface area contributed by atoms with Crippen molar-refractivity contribution in [2.45, 2.75) is 90.9 Å². The Labute approximate surface area is 144 Å². The first kappa shape index (κ1) is 17.1. The van der Waals surface area contributed by atoms with Crippen LogP contribution in [0.1, 0.15) is 93.7 Å². The maximum Gasteiger partial charge on any atom is -0.0162 e. The van der Waals surface area contributed by atoms with Crippen LogP contribution in [0.4, 0.5) is 0 Å². The molecule has 0 unspecified atom stereocenters. The molecule has 1 aromatic carbocycles. The zero-order valence-corrected chi connectivity index (χ0v) is 15.6. The number of aryl methyl sites for hydroxylation is 2. The van der Waals surface area contributed by atoms with Crippen LogP contribution >= 0.6 is 0 Å². The molecule has 1 aromatic rings. The summed E-state index contributed by atoms with van der Waals surface area (Å²) in [6.07, 6.45) is 14.8. The van der Waals surface area contributed by atoms with Crippen LogP contribution in [-0.4, -0.2) is 0 Å². The van der Waals surface area contributed by atoms with Gasteiger partial charge in [0.2, 0.25) is 0 Å². The molecular formula is C23H36. The lowest BCUT2D eigenvalue weighted by atomic mass is 9.74. The second kappa shape index (κ2) is 7.86. The predicted octanol–water partition coefficient (Wildman–Crippen LogP) is 7.18. The molecule has 3 rings (SSSR count). The predicted molar refractivity (Wildman–Crippen MR) is 101 cm³/mol. The smallest absolute Gasteiger partial charge is 0.0162 e. The largest absolute Gasteiger partial charge is 0.0625 e. The summed E-state index contributed by atoms with van der Waals surface area (Å²) < 4.78 is 0. The zero-order valence-electron chi connectivity index (χ0n) is 15.6. The first-order chi connectivity index (χ1) is 11.1. The third-order valence-corrected chi connectivity index (χ3v) is 6.97. The monoisotopic (exact) mass is 312 g/mol. The van der Waals surface area contributed by atoms with Crippen LogP contribution in [0.5, 0.6) is 0 Å². The molecule has 128 valence electrons. The van der Waals surface area contributed by atoms with Gasteiger partial charge in [0.15, 0.2) is 0 Å². The molecule has 0 amide bonds. The molecule has 0 aliphatic heterocycles. The second-order valence-electron chi connectivity index (χ2n) is 8.76. The molecule has 2 aliphatic rings. The van der Waals surface area contributed by atoms with Crippen molar-refractivity contribution in [3.63, 3.8) is 0 Å². The quantitative estimate of drug-likeness (QED) is 0.552. The molecule has 0 nitrogen and oxygen atoms in total. The molecule has 0 heteroatoms. The van der Waals surface area contributed by atoms with E-state index in [0.29, 0.717) is 0 Å². The Morgan fingerprint density at radius 2 is 1.30 bits per heavy atom. The van der Waals surface area contributed by atoms with Crippen LogP contribution in [0, 0.1) is 31.6 Å². The molecule has 0 spiro atoms. The van der Waals surface area contributed by atoms with E-state index in [0.717, 1.165) is 23.7 Å². The van der Waals surface area contributed by atoms with Gasteiger partial charge in [-0.2, -0.15) is 0 Å². The Kier molecular flexibility index (Phi) is 5.83. The summed E-state index contributed by atoms with van der Waals surface area (Å²) in [5, 5.41) is 0. The summed E-state index contributed by atoms with van der Waals surface area (Å²) in [4.78, 5) is 0. The molecule has 2 fully saturated rings. The highest BCUT2D eigenvalue weighted by Crippen LogP contribution is 2.40. The van der Waals surface area contributed by atoms with Crippen molar-refractivity contribution >= 4 is 0 Å². The van der Waals surface area contributed by atoms with Crippen LogP contribution in [0.15, 0.2) is 18.2 Å². The van der Waals surface area contributed by atoms with Crippen LogP contribution in [0.3, 0.4) is 0 Å². The van der Waals surface area contributed by atoms with E-state index >= 15 is 0 Å². The third-order valence-electron chi connectivity index (χ3n) is 6.97. The van der Waals surface area contributed by atoms with E-state index in [-0.39, 0.29) is 0 Å². The Morgan fingerprint density at radius 1 is 0.739 bits per heavy atom. The Hall–Kier alpha value is -0.780. The van der Waals surface area contributed by atoms with Crippen molar-refractivity contribution in [1.82, 2.24) is 0 Å². The van der Waals surface area contributed by atoms with Crippen molar-refractivity contribution in [2.75, 3.05) is 0 Å². The molecule has 23 heavy (non-hydrogen) atoms. The minimum absolute atomic E-state index is 0.834. The minimum atomic E-state index is 0.834. The standard InChI is InChI=1S/C23H36/c1-17-4-7-20(8-5-17)9-10-21-11-14-22(15-12-21)23-13-6-18(2)19(3)16-23/h6,13,16-17,20-22H,4-5,7-12,14-15H2,1-3H3. The van der Waals surface area contributed by atoms with Gasteiger partial charge in [0.05, 0.1) is 0 Å². The number of rotatable bonds is 4. The van der Waals surface area contributed by atoms with Gasteiger partial charge in [-0.25, -0.2) is 0 Å². The summed E-state index contributed by atoms with van der Waals surface area (Å²) in [5.74, 6) is 3.92. The lowest BCUT2D eigenvalue weighted by molar-refractivity contribution is 0.237. The summed E-state index contributed by atoms with van der Waals surface area (Å²) in [5.41, 5.74) is 4.51. The Morgan fingerprint density at radius 3 is 1.87 bits per heavy atom. The fourth-order valence-electron chi connectivity index (χ4n) is 4.89. The van der Waals surface area contributed by atoms with E-state index in [1.54, 1.807) is 5.56 Å². The van der Waals surface area contributed by atoms with Gasteiger partial charge in [-0.3, -0.25) is 0 Å². The molecule has 0 bridgehead atoms. The van der Waals surface area contributed by atoms with Crippen molar-refractivity contribution in [3.8, 4) is 0 Å². The van der Waals surface area contributed by atoms with Gasteiger partial charge in [0.1, 0.15) is 0 Å². The highest BCUT2D eigenvalue weighted by molar-refractivity contribution is 5.32. The van der Waals surface area contributed by atoms with Crippen molar-refractivity contribution in [2.24, 2.45) is 17.8 Å². The van der Waals surface area contributed by atoms with Gasteiger partial charge >= 0.3 is 0 Å². The molecule has 0 atom stereocenters. The normalized spacial score (nSPS) is 32.0.